The molecule has 11 heavy (non-hydrogen) atoms. The molecular formula is C9H19NS. The molecule has 0 aliphatic heterocycles. The molecule has 1 atom stereocenters. The van der Waals surface area contributed by atoms with Crippen LogP contribution in [0.15, 0.2) is 12.7 Å². The third-order valence-corrected chi connectivity index (χ3v) is 2.70. The number of hydrogen-bond acceptors (Lipinski definition) is 2. The molecule has 0 bridgehead atoms. The van der Waals surface area contributed by atoms with Crippen LogP contribution in [0.25, 0.3) is 0 Å². The summed E-state index contributed by atoms with van der Waals surface area (Å²) >= 11 is 1.99. The van der Waals surface area contributed by atoms with Crippen molar-refractivity contribution in [2.24, 2.45) is 0 Å². The Labute approximate surface area is 74.6 Å². The molecule has 0 aromatic carbocycles. The zero-order chi connectivity index (χ0) is 8.53. The lowest BCUT2D eigenvalue weighted by atomic mass is 10.2. The van der Waals surface area contributed by atoms with Gasteiger partial charge in [0.1, 0.15) is 0 Å². The predicted molar refractivity (Wildman–Crippen MR) is 55.3 cm³/mol. The fourth-order valence-electron chi connectivity index (χ4n) is 0.890. The summed E-state index contributed by atoms with van der Waals surface area (Å²) in [6.07, 6.45) is 4.32. The monoisotopic (exact) mass is 173 g/mol. The number of allylic oxidation sites excluding steroid dienone is 1. The van der Waals surface area contributed by atoms with Gasteiger partial charge in [-0.1, -0.05) is 13.0 Å². The van der Waals surface area contributed by atoms with Crippen LogP contribution in [0, 0.1) is 0 Å². The van der Waals surface area contributed by atoms with E-state index in [2.05, 4.69) is 18.8 Å². The SMILES string of the molecule is C=CCCC(CSCC)NC. The Morgan fingerprint density at radius 1 is 1.64 bits per heavy atom. The highest BCUT2D eigenvalue weighted by Crippen LogP contribution is 2.06. The van der Waals surface area contributed by atoms with E-state index in [-0.39, 0.29) is 0 Å². The van der Waals surface area contributed by atoms with E-state index in [1.54, 1.807) is 0 Å². The molecule has 0 saturated heterocycles. The predicted octanol–water partition coefficient (Wildman–Crippen LogP) is 2.29. The van der Waals surface area contributed by atoms with E-state index in [4.69, 9.17) is 0 Å². The maximum atomic E-state index is 3.71. The molecule has 1 unspecified atom stereocenters. The topological polar surface area (TPSA) is 12.0 Å². The van der Waals surface area contributed by atoms with Crippen molar-refractivity contribution in [2.45, 2.75) is 25.8 Å². The summed E-state index contributed by atoms with van der Waals surface area (Å²) in [5, 5.41) is 3.30. The molecule has 0 saturated carbocycles. The minimum Gasteiger partial charge on any atom is -0.316 e. The van der Waals surface area contributed by atoms with Crippen molar-refractivity contribution in [3.63, 3.8) is 0 Å². The Morgan fingerprint density at radius 3 is 2.82 bits per heavy atom. The lowest BCUT2D eigenvalue weighted by Gasteiger charge is -2.13. The van der Waals surface area contributed by atoms with Gasteiger partial charge < -0.3 is 5.32 Å². The summed E-state index contributed by atoms with van der Waals surface area (Å²) in [5.41, 5.74) is 0. The molecule has 66 valence electrons. The van der Waals surface area contributed by atoms with Crippen LogP contribution < -0.4 is 5.32 Å². The van der Waals surface area contributed by atoms with Crippen molar-refractivity contribution in [1.82, 2.24) is 5.32 Å². The van der Waals surface area contributed by atoms with Crippen LogP contribution in [0.4, 0.5) is 0 Å². The molecule has 0 aromatic heterocycles. The number of thioether (sulfide) groups is 1. The van der Waals surface area contributed by atoms with Gasteiger partial charge >= 0.3 is 0 Å². The van der Waals surface area contributed by atoms with E-state index in [1.165, 1.54) is 17.9 Å². The molecule has 0 aromatic rings. The summed E-state index contributed by atoms with van der Waals surface area (Å²) in [6.45, 7) is 5.91. The first-order chi connectivity index (χ1) is 5.35. The Hall–Kier alpha value is 0.0500. The van der Waals surface area contributed by atoms with Gasteiger partial charge in [0.2, 0.25) is 0 Å². The van der Waals surface area contributed by atoms with E-state index < -0.39 is 0 Å². The molecule has 0 fully saturated rings. The van der Waals surface area contributed by atoms with Crippen molar-refractivity contribution in [1.29, 1.82) is 0 Å². The molecule has 2 heteroatoms. The van der Waals surface area contributed by atoms with Crippen molar-refractivity contribution in [3.8, 4) is 0 Å². The van der Waals surface area contributed by atoms with Crippen LogP contribution in [-0.2, 0) is 0 Å². The second kappa shape index (κ2) is 8.15. The molecule has 0 aliphatic carbocycles. The molecule has 1 N–H and O–H groups in total. The maximum absolute atomic E-state index is 3.71. The van der Waals surface area contributed by atoms with Gasteiger partial charge in [0, 0.05) is 11.8 Å². The largest absolute Gasteiger partial charge is 0.316 e. The van der Waals surface area contributed by atoms with Crippen molar-refractivity contribution in [2.75, 3.05) is 18.6 Å². The molecule has 0 rings (SSSR count). The summed E-state index contributed by atoms with van der Waals surface area (Å²) in [5.74, 6) is 2.44. The Morgan fingerprint density at radius 2 is 2.36 bits per heavy atom. The number of rotatable bonds is 7. The standard InChI is InChI=1S/C9H19NS/c1-4-6-7-9(10-3)8-11-5-2/h4,9-10H,1,5-8H2,2-3H3. The third-order valence-electron chi connectivity index (χ3n) is 1.65. The number of hydrogen-bond donors (Lipinski definition) is 1. The second-order valence-electron chi connectivity index (χ2n) is 2.51. The fraction of sp³-hybridized carbons (Fsp3) is 0.778. The van der Waals surface area contributed by atoms with Crippen LogP contribution in [0.5, 0.6) is 0 Å². The Balaban J connectivity index is 3.32. The smallest absolute Gasteiger partial charge is 0.0158 e. The van der Waals surface area contributed by atoms with Gasteiger partial charge in [-0.3, -0.25) is 0 Å². The quantitative estimate of drug-likeness (QED) is 0.593. The lowest BCUT2D eigenvalue weighted by molar-refractivity contribution is 0.579. The molecule has 1 nitrogen and oxygen atoms in total. The van der Waals surface area contributed by atoms with E-state index >= 15 is 0 Å². The van der Waals surface area contributed by atoms with Gasteiger partial charge in [-0.15, -0.1) is 6.58 Å². The van der Waals surface area contributed by atoms with Gasteiger partial charge in [0.25, 0.3) is 0 Å². The maximum Gasteiger partial charge on any atom is 0.0158 e. The highest BCUT2D eigenvalue weighted by atomic mass is 32.2. The van der Waals surface area contributed by atoms with Gasteiger partial charge in [-0.25, -0.2) is 0 Å². The molecule has 0 aliphatic rings. The second-order valence-corrected chi connectivity index (χ2v) is 3.83. The molecular weight excluding hydrogens is 154 g/mol. The highest BCUT2D eigenvalue weighted by Gasteiger charge is 2.02. The van der Waals surface area contributed by atoms with Crippen LogP contribution >= 0.6 is 11.8 Å². The van der Waals surface area contributed by atoms with E-state index in [0.29, 0.717) is 6.04 Å². The van der Waals surface area contributed by atoms with Crippen LogP contribution in [0.2, 0.25) is 0 Å². The van der Waals surface area contributed by atoms with Gasteiger partial charge in [0.05, 0.1) is 0 Å². The Kier molecular flexibility index (Phi) is 8.19. The normalized spacial score (nSPS) is 12.9. The Bertz CT molecular complexity index is 93.6. The van der Waals surface area contributed by atoms with Gasteiger partial charge in [-0.2, -0.15) is 11.8 Å². The first kappa shape index (κ1) is 11.1. The first-order valence-electron chi connectivity index (χ1n) is 4.21. The summed E-state index contributed by atoms with van der Waals surface area (Å²) < 4.78 is 0. The van der Waals surface area contributed by atoms with Gasteiger partial charge in [-0.05, 0) is 25.6 Å². The first-order valence-corrected chi connectivity index (χ1v) is 5.36. The average Bonchev–Trinajstić information content (AvgIpc) is 2.05. The van der Waals surface area contributed by atoms with Crippen molar-refractivity contribution < 1.29 is 0 Å². The minimum absolute atomic E-state index is 0.665. The van der Waals surface area contributed by atoms with E-state index in [0.717, 1.165) is 6.42 Å². The fourth-order valence-corrected chi connectivity index (χ4v) is 1.74. The number of nitrogens with one attached hydrogen (secondary N) is 1. The summed E-state index contributed by atoms with van der Waals surface area (Å²) in [6, 6.07) is 0.665. The minimum atomic E-state index is 0.665. The summed E-state index contributed by atoms with van der Waals surface area (Å²) in [4.78, 5) is 0. The molecule has 0 heterocycles. The molecule has 0 radical (unpaired) electrons. The summed E-state index contributed by atoms with van der Waals surface area (Å²) in [7, 11) is 2.03. The zero-order valence-electron chi connectivity index (χ0n) is 7.60. The van der Waals surface area contributed by atoms with Crippen LogP contribution in [-0.4, -0.2) is 24.6 Å². The lowest BCUT2D eigenvalue weighted by Crippen LogP contribution is -2.27. The van der Waals surface area contributed by atoms with E-state index in [9.17, 15) is 0 Å². The molecule has 0 spiro atoms. The van der Waals surface area contributed by atoms with E-state index in [1.807, 2.05) is 24.9 Å². The zero-order valence-corrected chi connectivity index (χ0v) is 8.41. The third kappa shape index (κ3) is 6.45. The van der Waals surface area contributed by atoms with Crippen LogP contribution in [0.3, 0.4) is 0 Å². The van der Waals surface area contributed by atoms with Crippen molar-refractivity contribution >= 4 is 11.8 Å². The highest BCUT2D eigenvalue weighted by molar-refractivity contribution is 7.99. The van der Waals surface area contributed by atoms with Gasteiger partial charge in [0.15, 0.2) is 0 Å². The average molecular weight is 173 g/mol. The van der Waals surface area contributed by atoms with Crippen molar-refractivity contribution in [3.05, 3.63) is 12.7 Å². The molecule has 0 amide bonds. The van der Waals surface area contributed by atoms with Crippen LogP contribution in [0.1, 0.15) is 19.8 Å².